The second-order valence-corrected chi connectivity index (χ2v) is 20.3. The van der Waals surface area contributed by atoms with Gasteiger partial charge < -0.3 is 9.64 Å². The van der Waals surface area contributed by atoms with Gasteiger partial charge in [-0.2, -0.15) is 0 Å². The molecule has 2 saturated heterocycles. The van der Waals surface area contributed by atoms with Crippen LogP contribution < -0.4 is 14.4 Å². The summed E-state index contributed by atoms with van der Waals surface area (Å²) < 4.78 is 36.3. The monoisotopic (exact) mass is 736 g/mol. The number of hydrogen-bond acceptors (Lipinski definition) is 7. The second-order valence-electron chi connectivity index (χ2n) is 17.8. The number of carbonyl (C=O) groups excluding carboxylic acids is 1. The molecule has 8 rings (SSSR count). The number of benzene rings is 2. The predicted octanol–water partition coefficient (Wildman–Crippen LogP) is 6.89. The van der Waals surface area contributed by atoms with Gasteiger partial charge in [0.1, 0.15) is 5.75 Å². The van der Waals surface area contributed by atoms with Crippen molar-refractivity contribution in [2.75, 3.05) is 57.8 Å². The van der Waals surface area contributed by atoms with Gasteiger partial charge in [0.05, 0.1) is 17.5 Å². The lowest BCUT2D eigenvalue weighted by atomic mass is 9.55. The number of nitrogens with zero attached hydrogens (tertiary/aromatic N) is 3. The Bertz CT molecular complexity index is 1780. The molecule has 51 heavy (non-hydrogen) atoms. The first-order chi connectivity index (χ1) is 24.3. The van der Waals surface area contributed by atoms with E-state index >= 15 is 0 Å². The molecule has 1 unspecified atom stereocenters. The Morgan fingerprint density at radius 1 is 0.961 bits per heavy atom. The first-order valence-corrected chi connectivity index (χ1v) is 21.5. The lowest BCUT2D eigenvalue weighted by Crippen LogP contribution is -2.68. The van der Waals surface area contributed by atoms with Crippen molar-refractivity contribution in [1.82, 2.24) is 14.5 Å². The van der Waals surface area contributed by atoms with Crippen molar-refractivity contribution >= 4 is 33.2 Å². The molecule has 1 saturated carbocycles. The molecule has 4 aliphatic heterocycles. The number of anilines is 1. The van der Waals surface area contributed by atoms with E-state index in [2.05, 4.69) is 45.5 Å². The Kier molecular flexibility index (Phi) is 9.24. The van der Waals surface area contributed by atoms with Crippen LogP contribution in [0.15, 0.2) is 36.4 Å². The van der Waals surface area contributed by atoms with E-state index in [4.69, 9.17) is 16.3 Å². The van der Waals surface area contributed by atoms with Crippen molar-refractivity contribution in [1.29, 1.82) is 0 Å². The van der Waals surface area contributed by atoms with Gasteiger partial charge in [-0.05, 0) is 143 Å². The molecule has 278 valence electrons. The van der Waals surface area contributed by atoms with Crippen LogP contribution in [0.3, 0.4) is 0 Å². The maximum Gasteiger partial charge on any atom is 0.264 e. The molecule has 2 aliphatic carbocycles. The third kappa shape index (κ3) is 6.40. The number of likely N-dealkylation sites (tertiary alicyclic amines) is 2. The summed E-state index contributed by atoms with van der Waals surface area (Å²) in [7, 11) is -1.56. The summed E-state index contributed by atoms with van der Waals surface area (Å²) in [5, 5.41) is 0.0989. The average molecular weight is 737 g/mol. The van der Waals surface area contributed by atoms with Crippen LogP contribution in [0.1, 0.15) is 100 Å². The van der Waals surface area contributed by atoms with Gasteiger partial charge >= 0.3 is 0 Å². The van der Waals surface area contributed by atoms with Gasteiger partial charge in [0.15, 0.2) is 0 Å². The molecular formula is C41H57ClN4O4S. The number of likely N-dealkylation sites (N-methyl/N-ethyl adjacent to an activating group) is 1. The van der Waals surface area contributed by atoms with E-state index in [0.29, 0.717) is 29.5 Å². The summed E-state index contributed by atoms with van der Waals surface area (Å²) in [6.45, 7) is 13.2. The maximum absolute atomic E-state index is 13.7. The summed E-state index contributed by atoms with van der Waals surface area (Å²) >= 11 is 6.51. The number of aryl methyl sites for hydroxylation is 1. The first-order valence-electron chi connectivity index (χ1n) is 19.6. The second kappa shape index (κ2) is 13.2. The summed E-state index contributed by atoms with van der Waals surface area (Å²) in [4.78, 5) is 21.5. The normalized spacial score (nSPS) is 35.2. The lowest BCUT2D eigenvalue weighted by Gasteiger charge is -2.57. The number of amides is 1. The lowest BCUT2D eigenvalue weighted by molar-refractivity contribution is -0.0593. The molecule has 1 N–H and O–H groups in total. The van der Waals surface area contributed by atoms with Gasteiger partial charge in [0, 0.05) is 54.3 Å². The van der Waals surface area contributed by atoms with Gasteiger partial charge in [-0.1, -0.05) is 37.9 Å². The molecule has 2 spiro atoms. The zero-order valence-electron chi connectivity index (χ0n) is 31.1. The number of halogens is 1. The van der Waals surface area contributed by atoms with Gasteiger partial charge in [-0.25, -0.2) is 13.1 Å². The Morgan fingerprint density at radius 2 is 1.78 bits per heavy atom. The van der Waals surface area contributed by atoms with Crippen LogP contribution in [0.2, 0.25) is 5.02 Å². The number of sulfonamides is 1. The Morgan fingerprint density at radius 3 is 2.53 bits per heavy atom. The molecule has 8 nitrogen and oxygen atoms in total. The predicted molar refractivity (Wildman–Crippen MR) is 204 cm³/mol. The maximum atomic E-state index is 13.7. The average Bonchev–Trinajstić information content (AvgIpc) is 3.38. The fourth-order valence-corrected chi connectivity index (χ4v) is 12.6. The molecular weight excluding hydrogens is 680 g/mol. The van der Waals surface area contributed by atoms with Crippen molar-refractivity contribution in [3.05, 3.63) is 58.1 Å². The quantitative estimate of drug-likeness (QED) is 0.360. The van der Waals surface area contributed by atoms with Crippen molar-refractivity contribution in [3.8, 4) is 5.75 Å². The third-order valence-electron chi connectivity index (χ3n) is 14.6. The highest BCUT2D eigenvalue weighted by Crippen LogP contribution is 2.55. The SMILES string of the molecule is C[C@@H]1[C@@H](C)CCC[C@@H](CN2CC3(CCCN3C)C2)[C@@H]2CCC2(C)CN2C[C@@]3(CCCc4cc(Cl)ccc43)COc3ccc(cc32)C(=O)NS1(=O)=O. The Hall–Kier alpha value is -2.33. The van der Waals surface area contributed by atoms with E-state index in [9.17, 15) is 13.2 Å². The summed E-state index contributed by atoms with van der Waals surface area (Å²) in [6, 6.07) is 11.8. The van der Waals surface area contributed by atoms with Crippen molar-refractivity contribution in [2.45, 2.75) is 101 Å². The van der Waals surface area contributed by atoms with Crippen LogP contribution in [0.4, 0.5) is 5.69 Å². The van der Waals surface area contributed by atoms with E-state index in [1.807, 2.05) is 25.1 Å². The summed E-state index contributed by atoms with van der Waals surface area (Å²) in [5.41, 5.74) is 4.12. The summed E-state index contributed by atoms with van der Waals surface area (Å²) in [5.74, 6) is 1.26. The number of hydrogen-bond donors (Lipinski definition) is 1. The van der Waals surface area contributed by atoms with E-state index in [1.54, 1.807) is 13.0 Å². The van der Waals surface area contributed by atoms with Crippen molar-refractivity contribution < 1.29 is 17.9 Å². The number of carbonyl (C=O) groups is 1. The third-order valence-corrected chi connectivity index (χ3v) is 16.7. The molecule has 2 aromatic carbocycles. The molecule has 1 amide bonds. The zero-order valence-corrected chi connectivity index (χ0v) is 32.6. The van der Waals surface area contributed by atoms with E-state index < -0.39 is 21.2 Å². The minimum atomic E-state index is -3.87. The largest absolute Gasteiger partial charge is 0.490 e. The number of rotatable bonds is 2. The smallest absolute Gasteiger partial charge is 0.264 e. The molecule has 6 atom stereocenters. The van der Waals surface area contributed by atoms with Gasteiger partial charge in [0.25, 0.3) is 5.91 Å². The molecule has 0 aromatic heterocycles. The standard InChI is InChI=1S/C41H57ClN4O4S/c1-28-8-5-9-32(22-45-25-41(26-45)17-7-19-44(41)4)34-15-18-39(34,3)23-46-24-40(16-6-10-30-20-33(42)12-13-35(30)40)27-50-37-14-11-31(21-36(37)46)38(47)43-51(48,49)29(28)2/h11-14,20-21,28-29,32,34H,5-10,15-19,22-27H2,1-4H3,(H,43,47)/t28-,29+,32-,34-,39?,40-/m0/s1. The van der Waals surface area contributed by atoms with Gasteiger partial charge in [-0.15, -0.1) is 0 Å². The molecule has 10 heteroatoms. The Labute approximate surface area is 310 Å². The minimum absolute atomic E-state index is 0.0589. The summed E-state index contributed by atoms with van der Waals surface area (Å²) in [6.07, 6.45) is 11.0. The molecule has 2 aromatic rings. The number of fused-ring (bicyclic) bond motifs is 4. The van der Waals surface area contributed by atoms with Crippen LogP contribution >= 0.6 is 11.6 Å². The van der Waals surface area contributed by atoms with E-state index in [-0.39, 0.29) is 16.7 Å². The fraction of sp³-hybridized carbons (Fsp3) is 0.683. The highest BCUT2D eigenvalue weighted by atomic mass is 35.5. The van der Waals surface area contributed by atoms with Crippen LogP contribution in [-0.2, 0) is 21.9 Å². The van der Waals surface area contributed by atoms with E-state index in [0.717, 1.165) is 74.6 Å². The minimum Gasteiger partial charge on any atom is -0.490 e. The van der Waals surface area contributed by atoms with Gasteiger partial charge in [-0.3, -0.25) is 14.6 Å². The van der Waals surface area contributed by atoms with Crippen LogP contribution in [0, 0.1) is 23.2 Å². The van der Waals surface area contributed by atoms with Crippen molar-refractivity contribution in [3.63, 3.8) is 0 Å². The zero-order chi connectivity index (χ0) is 35.8. The molecule has 0 radical (unpaired) electrons. The topological polar surface area (TPSA) is 82.2 Å². The molecule has 3 fully saturated rings. The Balaban J connectivity index is 1.16. The van der Waals surface area contributed by atoms with Crippen molar-refractivity contribution in [2.24, 2.45) is 23.2 Å². The number of ether oxygens (including phenoxy) is 1. The molecule has 6 aliphatic rings. The molecule has 4 heterocycles. The highest BCUT2D eigenvalue weighted by Gasteiger charge is 2.53. The van der Waals surface area contributed by atoms with Crippen LogP contribution in [0.25, 0.3) is 0 Å². The highest BCUT2D eigenvalue weighted by molar-refractivity contribution is 7.90. The fourth-order valence-electron chi connectivity index (χ4n) is 11.1. The van der Waals surface area contributed by atoms with Crippen LogP contribution in [-0.4, -0.2) is 87.8 Å². The molecule has 2 bridgehead atoms. The number of nitrogens with one attached hydrogen (secondary N) is 1. The van der Waals surface area contributed by atoms with Gasteiger partial charge in [0.2, 0.25) is 10.0 Å². The first kappa shape index (κ1) is 35.7. The van der Waals surface area contributed by atoms with Crippen LogP contribution in [0.5, 0.6) is 5.75 Å². The van der Waals surface area contributed by atoms with E-state index in [1.165, 1.54) is 56.4 Å².